The van der Waals surface area contributed by atoms with Gasteiger partial charge in [-0.05, 0) is 61.1 Å². The van der Waals surface area contributed by atoms with E-state index in [9.17, 15) is 10.1 Å². The van der Waals surface area contributed by atoms with Crippen molar-refractivity contribution >= 4 is 22.7 Å². The SMILES string of the molecule is CCc1ccc(N=c2scc(-c3ccc([N+](=O)[O-])cc3)n2C(C)CCCC(C)C)cc1. The summed E-state index contributed by atoms with van der Waals surface area (Å²) in [5, 5.41) is 13.1. The van der Waals surface area contributed by atoms with Gasteiger partial charge in [0.1, 0.15) is 0 Å². The smallest absolute Gasteiger partial charge is 0.269 e. The van der Waals surface area contributed by atoms with E-state index in [4.69, 9.17) is 4.99 Å². The number of aryl methyl sites for hydroxylation is 1. The molecule has 1 heterocycles. The van der Waals surface area contributed by atoms with Crippen LogP contribution in [0.2, 0.25) is 0 Å². The van der Waals surface area contributed by atoms with Crippen LogP contribution in [0.25, 0.3) is 11.3 Å². The van der Waals surface area contributed by atoms with Gasteiger partial charge < -0.3 is 4.57 Å². The van der Waals surface area contributed by atoms with Gasteiger partial charge in [-0.2, -0.15) is 0 Å². The average molecular weight is 438 g/mol. The van der Waals surface area contributed by atoms with Crippen LogP contribution >= 0.6 is 11.3 Å². The van der Waals surface area contributed by atoms with Crippen molar-refractivity contribution in [3.8, 4) is 11.3 Å². The molecule has 0 radical (unpaired) electrons. The summed E-state index contributed by atoms with van der Waals surface area (Å²) in [6.45, 7) is 8.90. The molecule has 0 saturated carbocycles. The van der Waals surface area contributed by atoms with Crippen molar-refractivity contribution < 1.29 is 4.92 Å². The Bertz CT molecular complexity index is 1060. The Balaban J connectivity index is 2.01. The zero-order valence-corrected chi connectivity index (χ0v) is 19.6. The lowest BCUT2D eigenvalue weighted by Crippen LogP contribution is -2.20. The highest BCUT2D eigenvalue weighted by Gasteiger charge is 2.15. The zero-order chi connectivity index (χ0) is 22.4. The summed E-state index contributed by atoms with van der Waals surface area (Å²) in [6, 6.07) is 15.5. The fraction of sp³-hybridized carbons (Fsp3) is 0.400. The molecule has 0 aliphatic heterocycles. The van der Waals surface area contributed by atoms with Gasteiger partial charge in [-0.15, -0.1) is 11.3 Å². The summed E-state index contributed by atoms with van der Waals surface area (Å²) < 4.78 is 2.29. The Morgan fingerprint density at radius 2 is 1.71 bits per heavy atom. The molecule has 0 fully saturated rings. The van der Waals surface area contributed by atoms with Crippen LogP contribution in [0.1, 0.15) is 58.6 Å². The van der Waals surface area contributed by atoms with Crippen molar-refractivity contribution in [3.05, 3.63) is 74.4 Å². The number of non-ortho nitro benzene ring substituents is 1. The van der Waals surface area contributed by atoms with Crippen molar-refractivity contribution in [2.75, 3.05) is 0 Å². The molecule has 164 valence electrons. The predicted molar refractivity (Wildman–Crippen MR) is 129 cm³/mol. The third-order valence-electron chi connectivity index (χ3n) is 5.53. The summed E-state index contributed by atoms with van der Waals surface area (Å²) in [4.78, 5) is 16.6. The zero-order valence-electron chi connectivity index (χ0n) is 18.7. The van der Waals surface area contributed by atoms with Crippen LogP contribution in [-0.2, 0) is 6.42 Å². The minimum Gasteiger partial charge on any atom is -0.314 e. The standard InChI is InChI=1S/C25H31N3O2S/c1-5-20-9-13-22(14-10-20)26-25-27(19(4)8-6-7-18(2)3)24(17-31-25)21-11-15-23(16-12-21)28(29)30/h9-19H,5-8H2,1-4H3. The number of benzene rings is 2. The third kappa shape index (κ3) is 5.91. The molecular weight excluding hydrogens is 406 g/mol. The summed E-state index contributed by atoms with van der Waals surface area (Å²) >= 11 is 1.62. The molecule has 0 aliphatic carbocycles. The van der Waals surface area contributed by atoms with E-state index in [1.54, 1.807) is 23.5 Å². The lowest BCUT2D eigenvalue weighted by atomic mass is 10.0. The molecule has 3 rings (SSSR count). The molecule has 1 aromatic heterocycles. The van der Waals surface area contributed by atoms with Gasteiger partial charge in [0.15, 0.2) is 4.80 Å². The second-order valence-corrected chi connectivity index (χ2v) is 9.22. The quantitative estimate of drug-likeness (QED) is 0.260. The van der Waals surface area contributed by atoms with E-state index in [0.717, 1.165) is 41.0 Å². The van der Waals surface area contributed by atoms with Gasteiger partial charge in [0.05, 0.1) is 16.3 Å². The first-order valence-electron chi connectivity index (χ1n) is 11.0. The maximum absolute atomic E-state index is 11.0. The van der Waals surface area contributed by atoms with Gasteiger partial charge >= 0.3 is 0 Å². The maximum Gasteiger partial charge on any atom is 0.269 e. The molecule has 1 atom stereocenters. The topological polar surface area (TPSA) is 60.4 Å². The van der Waals surface area contributed by atoms with E-state index in [2.05, 4.69) is 61.9 Å². The lowest BCUT2D eigenvalue weighted by Gasteiger charge is -2.18. The Morgan fingerprint density at radius 3 is 2.29 bits per heavy atom. The monoisotopic (exact) mass is 437 g/mol. The van der Waals surface area contributed by atoms with Crippen LogP contribution in [-0.4, -0.2) is 9.49 Å². The Hall–Kier alpha value is -2.73. The van der Waals surface area contributed by atoms with Crippen LogP contribution in [0.4, 0.5) is 11.4 Å². The van der Waals surface area contributed by atoms with Gasteiger partial charge in [-0.25, -0.2) is 4.99 Å². The highest BCUT2D eigenvalue weighted by molar-refractivity contribution is 7.07. The number of nitro benzene ring substituents is 1. The molecule has 5 nitrogen and oxygen atoms in total. The maximum atomic E-state index is 11.0. The molecule has 0 N–H and O–H groups in total. The van der Waals surface area contributed by atoms with Crippen LogP contribution < -0.4 is 4.80 Å². The van der Waals surface area contributed by atoms with E-state index >= 15 is 0 Å². The minimum absolute atomic E-state index is 0.108. The van der Waals surface area contributed by atoms with Crippen LogP contribution in [0.5, 0.6) is 0 Å². The Labute approximate surface area is 188 Å². The molecular formula is C25H31N3O2S. The Morgan fingerprint density at radius 1 is 1.03 bits per heavy atom. The van der Waals surface area contributed by atoms with Gasteiger partial charge in [0.25, 0.3) is 5.69 Å². The fourth-order valence-corrected chi connectivity index (χ4v) is 4.68. The van der Waals surface area contributed by atoms with Crippen molar-refractivity contribution in [2.45, 2.75) is 59.4 Å². The van der Waals surface area contributed by atoms with Crippen molar-refractivity contribution in [1.82, 2.24) is 4.57 Å². The predicted octanol–water partition coefficient (Wildman–Crippen LogP) is 7.31. The van der Waals surface area contributed by atoms with Crippen molar-refractivity contribution in [1.29, 1.82) is 0 Å². The molecule has 0 aliphatic rings. The molecule has 6 heteroatoms. The molecule has 0 bridgehead atoms. The van der Waals surface area contributed by atoms with Crippen LogP contribution in [0, 0.1) is 16.0 Å². The number of nitrogens with zero attached hydrogens (tertiary/aromatic N) is 3. The molecule has 31 heavy (non-hydrogen) atoms. The average Bonchev–Trinajstić information content (AvgIpc) is 3.17. The van der Waals surface area contributed by atoms with E-state index in [1.165, 1.54) is 12.0 Å². The van der Waals surface area contributed by atoms with E-state index in [0.29, 0.717) is 5.92 Å². The van der Waals surface area contributed by atoms with Gasteiger partial charge in [0, 0.05) is 23.6 Å². The normalized spacial score (nSPS) is 13.0. The van der Waals surface area contributed by atoms with E-state index in [-0.39, 0.29) is 16.7 Å². The first-order valence-corrected chi connectivity index (χ1v) is 11.9. The molecule has 0 spiro atoms. The first kappa shape index (κ1) is 22.9. The second kappa shape index (κ2) is 10.5. The summed E-state index contributed by atoms with van der Waals surface area (Å²) in [5.74, 6) is 0.690. The van der Waals surface area contributed by atoms with E-state index < -0.39 is 0 Å². The molecule has 3 aromatic rings. The van der Waals surface area contributed by atoms with Gasteiger partial charge in [-0.3, -0.25) is 10.1 Å². The number of hydrogen-bond donors (Lipinski definition) is 0. The lowest BCUT2D eigenvalue weighted by molar-refractivity contribution is -0.384. The number of nitro groups is 1. The number of thiazole rings is 1. The minimum atomic E-state index is -0.360. The van der Waals surface area contributed by atoms with E-state index in [1.807, 2.05) is 12.1 Å². The summed E-state index contributed by atoms with van der Waals surface area (Å²) in [5.41, 5.74) is 4.38. The fourth-order valence-electron chi connectivity index (χ4n) is 3.66. The largest absolute Gasteiger partial charge is 0.314 e. The van der Waals surface area contributed by atoms with Gasteiger partial charge in [-0.1, -0.05) is 45.7 Å². The first-order chi connectivity index (χ1) is 14.9. The highest BCUT2D eigenvalue weighted by atomic mass is 32.1. The third-order valence-corrected chi connectivity index (χ3v) is 6.37. The molecule has 1 unspecified atom stereocenters. The molecule has 2 aromatic carbocycles. The summed E-state index contributed by atoms with van der Waals surface area (Å²) in [6.07, 6.45) is 4.44. The molecule has 0 saturated heterocycles. The molecule has 0 amide bonds. The van der Waals surface area contributed by atoms with Gasteiger partial charge in [0.2, 0.25) is 0 Å². The highest BCUT2D eigenvalue weighted by Crippen LogP contribution is 2.28. The Kier molecular flexibility index (Phi) is 7.80. The number of rotatable bonds is 9. The number of hydrogen-bond acceptors (Lipinski definition) is 4. The van der Waals surface area contributed by atoms with Crippen LogP contribution in [0.15, 0.2) is 58.9 Å². The van der Waals surface area contributed by atoms with Crippen LogP contribution in [0.3, 0.4) is 0 Å². The van der Waals surface area contributed by atoms with Crippen molar-refractivity contribution in [2.24, 2.45) is 10.9 Å². The second-order valence-electron chi connectivity index (χ2n) is 8.38. The summed E-state index contributed by atoms with van der Waals surface area (Å²) in [7, 11) is 0. The number of aromatic nitrogens is 1. The van der Waals surface area contributed by atoms with Crippen molar-refractivity contribution in [3.63, 3.8) is 0 Å².